The Balaban J connectivity index is 1.41. The van der Waals surface area contributed by atoms with Crippen molar-refractivity contribution in [2.75, 3.05) is 33.5 Å². The van der Waals surface area contributed by atoms with Crippen LogP contribution in [-0.2, 0) is 4.74 Å². The molecule has 5 nitrogen and oxygen atoms in total. The normalized spacial score (nSPS) is 25.1. The average molecular weight is 393 g/mol. The number of methoxy groups -OCH3 is 1. The lowest BCUT2D eigenvalue weighted by molar-refractivity contribution is 0.0623. The average Bonchev–Trinajstić information content (AvgIpc) is 3.52. The third-order valence-electron chi connectivity index (χ3n) is 6.43. The van der Waals surface area contributed by atoms with Crippen LogP contribution in [0.5, 0.6) is 11.5 Å². The minimum atomic E-state index is 0.0316. The fraction of sp³-hybridized carbons (Fsp3) is 0.458. The molecule has 0 aromatic heterocycles. The fourth-order valence-electron chi connectivity index (χ4n) is 4.61. The van der Waals surface area contributed by atoms with Crippen molar-refractivity contribution in [1.29, 1.82) is 0 Å². The van der Waals surface area contributed by atoms with E-state index in [-0.39, 0.29) is 23.8 Å². The Morgan fingerprint density at radius 2 is 1.90 bits per heavy atom. The van der Waals surface area contributed by atoms with Crippen molar-refractivity contribution in [2.45, 2.75) is 18.9 Å². The summed E-state index contributed by atoms with van der Waals surface area (Å²) < 4.78 is 17.3. The number of ether oxygens (including phenoxy) is 3. The van der Waals surface area contributed by atoms with Gasteiger partial charge in [0.05, 0.1) is 26.4 Å². The number of hydrogen-bond acceptors (Lipinski definition) is 4. The maximum absolute atomic E-state index is 13.5. The van der Waals surface area contributed by atoms with Gasteiger partial charge in [-0.05, 0) is 49.1 Å². The summed E-state index contributed by atoms with van der Waals surface area (Å²) in [7, 11) is 1.63. The topological polar surface area (TPSA) is 48.0 Å². The first-order valence-corrected chi connectivity index (χ1v) is 10.5. The third-order valence-corrected chi connectivity index (χ3v) is 6.43. The quantitative estimate of drug-likeness (QED) is 0.746. The summed E-state index contributed by atoms with van der Waals surface area (Å²) >= 11 is 0. The third kappa shape index (κ3) is 3.60. The van der Waals surface area contributed by atoms with Gasteiger partial charge in [0.25, 0.3) is 5.91 Å². The summed E-state index contributed by atoms with van der Waals surface area (Å²) in [4.78, 5) is 15.5. The molecule has 0 spiro atoms. The monoisotopic (exact) mass is 393 g/mol. The Morgan fingerprint density at radius 1 is 1.10 bits per heavy atom. The van der Waals surface area contributed by atoms with Gasteiger partial charge in [-0.25, -0.2) is 0 Å². The number of nitrogens with zero attached hydrogens (tertiary/aromatic N) is 1. The van der Waals surface area contributed by atoms with E-state index in [2.05, 4.69) is 6.07 Å². The molecule has 5 rings (SSSR count). The van der Waals surface area contributed by atoms with Crippen molar-refractivity contribution in [3.63, 3.8) is 0 Å². The van der Waals surface area contributed by atoms with Crippen LogP contribution in [0.1, 0.15) is 34.8 Å². The molecule has 0 unspecified atom stereocenters. The lowest BCUT2D eigenvalue weighted by Gasteiger charge is -2.34. The number of benzene rings is 2. The van der Waals surface area contributed by atoms with Crippen LogP contribution in [0, 0.1) is 17.8 Å². The molecule has 29 heavy (non-hydrogen) atoms. The number of carbonyl (C=O) groups excluding carboxylic acids is 1. The lowest BCUT2D eigenvalue weighted by atomic mass is 9.85. The first kappa shape index (κ1) is 18.5. The van der Waals surface area contributed by atoms with Crippen LogP contribution < -0.4 is 9.47 Å². The summed E-state index contributed by atoms with van der Waals surface area (Å²) in [5.41, 5.74) is 1.79. The van der Waals surface area contributed by atoms with Crippen LogP contribution in [0.15, 0.2) is 48.5 Å². The minimum absolute atomic E-state index is 0.0316. The number of para-hydroxylation sites is 1. The molecular weight excluding hydrogens is 366 g/mol. The Morgan fingerprint density at radius 3 is 2.66 bits per heavy atom. The summed E-state index contributed by atoms with van der Waals surface area (Å²) in [6.45, 7) is 2.86. The van der Waals surface area contributed by atoms with Crippen molar-refractivity contribution in [3.05, 3.63) is 59.7 Å². The van der Waals surface area contributed by atoms with Gasteiger partial charge in [0.15, 0.2) is 0 Å². The van der Waals surface area contributed by atoms with E-state index in [9.17, 15) is 4.79 Å². The molecule has 0 bridgehead atoms. The fourth-order valence-corrected chi connectivity index (χ4v) is 4.61. The zero-order chi connectivity index (χ0) is 19.8. The molecule has 1 aliphatic carbocycles. The predicted octanol–water partition coefficient (Wildman–Crippen LogP) is 3.94. The van der Waals surface area contributed by atoms with E-state index >= 15 is 0 Å². The van der Waals surface area contributed by atoms with Crippen LogP contribution in [0.25, 0.3) is 0 Å². The molecule has 0 radical (unpaired) electrons. The molecular formula is C24H27NO4. The molecule has 2 heterocycles. The number of carbonyl (C=O) groups is 1. The second-order valence-electron chi connectivity index (χ2n) is 8.38. The summed E-state index contributed by atoms with van der Waals surface area (Å²) in [5, 5.41) is 0. The first-order valence-electron chi connectivity index (χ1n) is 10.5. The molecule has 5 heteroatoms. The number of rotatable bonds is 6. The van der Waals surface area contributed by atoms with Gasteiger partial charge in [-0.3, -0.25) is 4.79 Å². The van der Waals surface area contributed by atoms with Crippen LogP contribution >= 0.6 is 0 Å². The molecule has 2 aromatic rings. The van der Waals surface area contributed by atoms with Gasteiger partial charge in [0.1, 0.15) is 11.5 Å². The van der Waals surface area contributed by atoms with Crippen molar-refractivity contribution in [3.8, 4) is 11.5 Å². The van der Waals surface area contributed by atoms with Gasteiger partial charge in [-0.15, -0.1) is 0 Å². The van der Waals surface area contributed by atoms with E-state index in [1.807, 2.05) is 47.4 Å². The highest BCUT2D eigenvalue weighted by atomic mass is 16.5. The van der Waals surface area contributed by atoms with Crippen LogP contribution in [0.4, 0.5) is 0 Å². The van der Waals surface area contributed by atoms with Gasteiger partial charge < -0.3 is 19.1 Å². The second-order valence-corrected chi connectivity index (χ2v) is 8.38. The van der Waals surface area contributed by atoms with Crippen LogP contribution in [0.2, 0.25) is 0 Å². The standard InChI is InChI=1S/C24H27NO4/c1-27-19-10-8-17(9-11-19)24(26)25-12-18(14-28-13-16-6-7-16)21-15-29-22-5-3-2-4-20(22)23(21)25/h2-5,8-11,16,18,21,23H,6-7,12-15H2,1H3/t18-,21-,23-/m0/s1. The molecule has 3 aliphatic rings. The van der Waals surface area contributed by atoms with E-state index < -0.39 is 0 Å². The molecule has 2 aromatic carbocycles. The van der Waals surface area contributed by atoms with Crippen LogP contribution in [0.3, 0.4) is 0 Å². The summed E-state index contributed by atoms with van der Waals surface area (Å²) in [6.07, 6.45) is 2.57. The van der Waals surface area contributed by atoms with Gasteiger partial charge in [-0.2, -0.15) is 0 Å². The first-order chi connectivity index (χ1) is 14.2. The predicted molar refractivity (Wildman–Crippen MR) is 109 cm³/mol. The Labute approximate surface area is 171 Å². The molecule has 3 atom stereocenters. The molecule has 1 amide bonds. The maximum Gasteiger partial charge on any atom is 0.254 e. The van der Waals surface area contributed by atoms with E-state index in [1.54, 1.807) is 7.11 Å². The smallest absolute Gasteiger partial charge is 0.254 e. The molecule has 0 N–H and O–H groups in total. The molecule has 2 fully saturated rings. The number of likely N-dealkylation sites (tertiary alicyclic amines) is 1. The van der Waals surface area contributed by atoms with Gasteiger partial charge in [-0.1, -0.05) is 18.2 Å². The number of amides is 1. The highest BCUT2D eigenvalue weighted by molar-refractivity contribution is 5.95. The number of fused-ring (bicyclic) bond motifs is 3. The molecule has 152 valence electrons. The largest absolute Gasteiger partial charge is 0.497 e. The minimum Gasteiger partial charge on any atom is -0.497 e. The molecule has 1 saturated heterocycles. The van der Waals surface area contributed by atoms with E-state index in [1.165, 1.54) is 12.8 Å². The second kappa shape index (κ2) is 7.71. The highest BCUT2D eigenvalue weighted by Crippen LogP contribution is 2.48. The zero-order valence-electron chi connectivity index (χ0n) is 16.8. The van der Waals surface area contributed by atoms with E-state index in [4.69, 9.17) is 14.2 Å². The Bertz CT molecular complexity index is 877. The van der Waals surface area contributed by atoms with E-state index in [0.717, 1.165) is 29.6 Å². The van der Waals surface area contributed by atoms with Gasteiger partial charge in [0, 0.05) is 36.1 Å². The Kier molecular flexibility index (Phi) is 4.92. The summed E-state index contributed by atoms with van der Waals surface area (Å²) in [6, 6.07) is 15.5. The van der Waals surface area contributed by atoms with Gasteiger partial charge >= 0.3 is 0 Å². The van der Waals surface area contributed by atoms with Crippen LogP contribution in [-0.4, -0.2) is 44.3 Å². The molecule has 1 saturated carbocycles. The van der Waals surface area contributed by atoms with E-state index in [0.29, 0.717) is 25.3 Å². The lowest BCUT2D eigenvalue weighted by Crippen LogP contribution is -2.35. The number of hydrogen-bond donors (Lipinski definition) is 0. The Hall–Kier alpha value is -2.53. The van der Waals surface area contributed by atoms with Crippen molar-refractivity contribution >= 4 is 5.91 Å². The zero-order valence-corrected chi connectivity index (χ0v) is 16.8. The maximum atomic E-state index is 13.5. The molecule has 2 aliphatic heterocycles. The highest BCUT2D eigenvalue weighted by Gasteiger charge is 2.48. The SMILES string of the molecule is COc1ccc(C(=O)N2C[C@@H](COCC3CC3)[C@@H]3COc4ccccc4[C@@H]32)cc1. The van der Waals surface area contributed by atoms with Crippen molar-refractivity contribution < 1.29 is 19.0 Å². The summed E-state index contributed by atoms with van der Waals surface area (Å²) in [5.74, 6) is 2.99. The van der Waals surface area contributed by atoms with Gasteiger partial charge in [0.2, 0.25) is 0 Å². The van der Waals surface area contributed by atoms with Crippen molar-refractivity contribution in [2.24, 2.45) is 17.8 Å². The van der Waals surface area contributed by atoms with Crippen molar-refractivity contribution in [1.82, 2.24) is 4.90 Å².